The van der Waals surface area contributed by atoms with E-state index >= 15 is 0 Å². The van der Waals surface area contributed by atoms with Gasteiger partial charge in [0.2, 0.25) is 5.91 Å². The zero-order valence-electron chi connectivity index (χ0n) is 14.7. The molecule has 2 aliphatic heterocycles. The molecule has 2 aliphatic rings. The van der Waals surface area contributed by atoms with Crippen LogP contribution < -0.4 is 4.74 Å². The first-order valence-electron chi connectivity index (χ1n) is 9.13. The first kappa shape index (κ1) is 18.2. The minimum absolute atomic E-state index is 0.178. The SMILES string of the molecule is O=C(CCN1CCOCC1)N1CCC(O)(COc2ccccc2)CC1. The average Bonchev–Trinajstić information content (AvgIpc) is 2.67. The van der Waals surface area contributed by atoms with E-state index in [0.29, 0.717) is 32.4 Å². The first-order valence-corrected chi connectivity index (χ1v) is 9.13. The number of likely N-dealkylation sites (tertiary alicyclic amines) is 1. The molecule has 0 aliphatic carbocycles. The molecule has 1 aromatic carbocycles. The Morgan fingerprint density at radius 1 is 1.12 bits per heavy atom. The number of aliphatic hydroxyl groups is 1. The molecule has 0 saturated carbocycles. The molecule has 2 fully saturated rings. The van der Waals surface area contributed by atoms with Crippen LogP contribution in [0.15, 0.2) is 30.3 Å². The molecule has 2 heterocycles. The lowest BCUT2D eigenvalue weighted by atomic mass is 9.92. The third-order valence-corrected chi connectivity index (χ3v) is 5.04. The highest BCUT2D eigenvalue weighted by atomic mass is 16.5. The second-order valence-electron chi connectivity index (χ2n) is 6.91. The fourth-order valence-electron chi connectivity index (χ4n) is 3.29. The molecule has 0 radical (unpaired) electrons. The molecular formula is C19H28N2O4. The number of carbonyl (C=O) groups is 1. The number of piperidine rings is 1. The van der Waals surface area contributed by atoms with Crippen LogP contribution in [0.3, 0.4) is 0 Å². The van der Waals surface area contributed by atoms with Gasteiger partial charge in [-0.2, -0.15) is 0 Å². The normalized spacial score (nSPS) is 21.1. The van der Waals surface area contributed by atoms with E-state index in [9.17, 15) is 9.90 Å². The van der Waals surface area contributed by atoms with Crippen molar-refractivity contribution in [3.8, 4) is 5.75 Å². The minimum Gasteiger partial charge on any atom is -0.491 e. The summed E-state index contributed by atoms with van der Waals surface area (Å²) in [6, 6.07) is 9.52. The van der Waals surface area contributed by atoms with Gasteiger partial charge in [0, 0.05) is 39.1 Å². The van der Waals surface area contributed by atoms with Crippen molar-refractivity contribution in [2.75, 3.05) is 52.5 Å². The molecule has 0 atom stereocenters. The number of carbonyl (C=O) groups excluding carboxylic acids is 1. The lowest BCUT2D eigenvalue weighted by Gasteiger charge is -2.38. The van der Waals surface area contributed by atoms with Crippen molar-refractivity contribution in [1.29, 1.82) is 0 Å². The number of nitrogens with zero attached hydrogens (tertiary/aromatic N) is 2. The Balaban J connectivity index is 1.38. The molecule has 0 unspecified atom stereocenters. The Morgan fingerprint density at radius 3 is 2.48 bits per heavy atom. The molecule has 3 rings (SSSR count). The van der Waals surface area contributed by atoms with Crippen molar-refractivity contribution in [2.45, 2.75) is 24.9 Å². The molecule has 2 saturated heterocycles. The largest absolute Gasteiger partial charge is 0.491 e. The fraction of sp³-hybridized carbons (Fsp3) is 0.632. The van der Waals surface area contributed by atoms with Crippen molar-refractivity contribution in [1.82, 2.24) is 9.80 Å². The van der Waals surface area contributed by atoms with Crippen LogP contribution in [0.5, 0.6) is 5.75 Å². The summed E-state index contributed by atoms with van der Waals surface area (Å²) >= 11 is 0. The first-order chi connectivity index (χ1) is 12.1. The van der Waals surface area contributed by atoms with E-state index in [1.54, 1.807) is 0 Å². The van der Waals surface area contributed by atoms with E-state index in [2.05, 4.69) is 4.90 Å². The highest BCUT2D eigenvalue weighted by Gasteiger charge is 2.34. The molecule has 0 aromatic heterocycles. The third kappa shape index (κ3) is 5.42. The Bertz CT molecular complexity index is 538. The van der Waals surface area contributed by atoms with Crippen molar-refractivity contribution in [3.63, 3.8) is 0 Å². The number of amides is 1. The van der Waals surface area contributed by atoms with Crippen LogP contribution >= 0.6 is 0 Å². The van der Waals surface area contributed by atoms with E-state index in [0.717, 1.165) is 38.6 Å². The Labute approximate surface area is 149 Å². The molecule has 138 valence electrons. The quantitative estimate of drug-likeness (QED) is 0.835. The second kappa shape index (κ2) is 8.65. The molecule has 0 spiro atoms. The second-order valence-corrected chi connectivity index (χ2v) is 6.91. The topological polar surface area (TPSA) is 62.2 Å². The van der Waals surface area contributed by atoms with Crippen molar-refractivity contribution in [2.24, 2.45) is 0 Å². The Hall–Kier alpha value is -1.63. The van der Waals surface area contributed by atoms with Gasteiger partial charge in [-0.15, -0.1) is 0 Å². The summed E-state index contributed by atoms with van der Waals surface area (Å²) in [5.41, 5.74) is -0.850. The molecule has 6 nitrogen and oxygen atoms in total. The third-order valence-electron chi connectivity index (χ3n) is 5.04. The van der Waals surface area contributed by atoms with Gasteiger partial charge in [-0.1, -0.05) is 18.2 Å². The summed E-state index contributed by atoms with van der Waals surface area (Å²) in [6.45, 7) is 5.58. The van der Waals surface area contributed by atoms with E-state index in [1.807, 2.05) is 35.2 Å². The smallest absolute Gasteiger partial charge is 0.223 e. The summed E-state index contributed by atoms with van der Waals surface area (Å²) < 4.78 is 11.0. The van der Waals surface area contributed by atoms with Gasteiger partial charge in [0.25, 0.3) is 0 Å². The van der Waals surface area contributed by atoms with Crippen LogP contribution in [0, 0.1) is 0 Å². The summed E-state index contributed by atoms with van der Waals surface area (Å²) in [4.78, 5) is 16.5. The van der Waals surface area contributed by atoms with Gasteiger partial charge in [-0.3, -0.25) is 9.69 Å². The zero-order chi connectivity index (χ0) is 17.5. The van der Waals surface area contributed by atoms with E-state index in [4.69, 9.17) is 9.47 Å². The van der Waals surface area contributed by atoms with Crippen LogP contribution in [-0.4, -0.2) is 79.0 Å². The molecule has 0 bridgehead atoms. The van der Waals surface area contributed by atoms with Crippen LogP contribution in [0.25, 0.3) is 0 Å². The summed E-state index contributed by atoms with van der Waals surface area (Å²) in [5.74, 6) is 0.942. The van der Waals surface area contributed by atoms with E-state index in [1.165, 1.54) is 0 Å². The van der Waals surface area contributed by atoms with Gasteiger partial charge >= 0.3 is 0 Å². The monoisotopic (exact) mass is 348 g/mol. The molecule has 1 aromatic rings. The predicted octanol–water partition coefficient (Wildman–Crippen LogP) is 1.14. The molecular weight excluding hydrogens is 320 g/mol. The standard InChI is InChI=1S/C19H28N2O4/c22-18(6-9-20-12-14-24-15-13-20)21-10-7-19(23,8-11-21)16-25-17-4-2-1-3-5-17/h1-5,23H,6-16H2. The molecule has 25 heavy (non-hydrogen) atoms. The number of hydrogen-bond acceptors (Lipinski definition) is 5. The fourth-order valence-corrected chi connectivity index (χ4v) is 3.29. The van der Waals surface area contributed by atoms with E-state index in [-0.39, 0.29) is 12.5 Å². The number of ether oxygens (including phenoxy) is 2. The summed E-state index contributed by atoms with van der Waals surface area (Å²) in [7, 11) is 0. The van der Waals surface area contributed by atoms with Gasteiger partial charge in [-0.05, 0) is 25.0 Å². The average molecular weight is 348 g/mol. The summed E-state index contributed by atoms with van der Waals surface area (Å²) in [6.07, 6.45) is 1.66. The lowest BCUT2D eigenvalue weighted by molar-refractivity contribution is -0.137. The maximum Gasteiger partial charge on any atom is 0.223 e. The van der Waals surface area contributed by atoms with Crippen LogP contribution in [0.2, 0.25) is 0 Å². The number of morpholine rings is 1. The molecule has 6 heteroatoms. The maximum absolute atomic E-state index is 12.4. The van der Waals surface area contributed by atoms with Gasteiger partial charge < -0.3 is 19.5 Å². The number of para-hydroxylation sites is 1. The molecule has 1 N–H and O–H groups in total. The Morgan fingerprint density at radius 2 is 1.80 bits per heavy atom. The van der Waals surface area contributed by atoms with Crippen LogP contribution in [0.4, 0.5) is 0 Å². The van der Waals surface area contributed by atoms with Crippen LogP contribution in [-0.2, 0) is 9.53 Å². The summed E-state index contributed by atoms with van der Waals surface area (Å²) in [5, 5.41) is 10.7. The van der Waals surface area contributed by atoms with Crippen molar-refractivity contribution < 1.29 is 19.4 Å². The minimum atomic E-state index is -0.850. The van der Waals surface area contributed by atoms with Crippen molar-refractivity contribution >= 4 is 5.91 Å². The zero-order valence-corrected chi connectivity index (χ0v) is 14.7. The number of hydrogen-bond donors (Lipinski definition) is 1. The molecule has 1 amide bonds. The van der Waals surface area contributed by atoms with E-state index < -0.39 is 5.60 Å². The maximum atomic E-state index is 12.4. The van der Waals surface area contributed by atoms with Gasteiger partial charge in [-0.25, -0.2) is 0 Å². The van der Waals surface area contributed by atoms with Gasteiger partial charge in [0.1, 0.15) is 18.0 Å². The number of benzene rings is 1. The predicted molar refractivity (Wildman–Crippen MR) is 94.6 cm³/mol. The van der Waals surface area contributed by atoms with Gasteiger partial charge in [0.15, 0.2) is 0 Å². The highest BCUT2D eigenvalue weighted by molar-refractivity contribution is 5.76. The Kier molecular flexibility index (Phi) is 6.29. The lowest BCUT2D eigenvalue weighted by Crippen LogP contribution is -2.50. The van der Waals surface area contributed by atoms with Crippen molar-refractivity contribution in [3.05, 3.63) is 30.3 Å². The van der Waals surface area contributed by atoms with Gasteiger partial charge in [0.05, 0.1) is 13.2 Å². The number of rotatable bonds is 6. The highest BCUT2D eigenvalue weighted by Crippen LogP contribution is 2.24. The van der Waals surface area contributed by atoms with Crippen LogP contribution in [0.1, 0.15) is 19.3 Å².